The van der Waals surface area contributed by atoms with Gasteiger partial charge in [0.1, 0.15) is 0 Å². The van der Waals surface area contributed by atoms with Gasteiger partial charge in [-0.25, -0.2) is 0 Å². The zero-order valence-electron chi connectivity index (χ0n) is 13.9. The highest BCUT2D eigenvalue weighted by atomic mass is 79.9. The molecule has 1 aromatic rings. The van der Waals surface area contributed by atoms with Gasteiger partial charge in [0.15, 0.2) is 5.79 Å². The van der Waals surface area contributed by atoms with Gasteiger partial charge in [-0.3, -0.25) is 0 Å². The zero-order chi connectivity index (χ0) is 16.1. The Labute approximate surface area is 147 Å². The lowest BCUT2D eigenvalue weighted by Crippen LogP contribution is -2.48. The quantitative estimate of drug-likeness (QED) is 0.727. The average Bonchev–Trinajstić information content (AvgIpc) is 2.93. The molecule has 3 nitrogen and oxygen atoms in total. The highest BCUT2D eigenvalue weighted by Gasteiger charge is 2.52. The Bertz CT molecular complexity index is 612. The first-order valence-electron chi connectivity index (χ1n) is 8.95. The van der Waals surface area contributed by atoms with E-state index in [1.165, 1.54) is 30.4 Å². The monoisotopic (exact) mass is 379 g/mol. The van der Waals surface area contributed by atoms with Crippen molar-refractivity contribution in [2.45, 2.75) is 63.1 Å². The van der Waals surface area contributed by atoms with E-state index in [-0.39, 0.29) is 11.2 Å². The third-order valence-electron chi connectivity index (χ3n) is 6.49. The van der Waals surface area contributed by atoms with Crippen molar-refractivity contribution in [2.24, 2.45) is 5.92 Å². The molecule has 0 aromatic heterocycles. The Morgan fingerprint density at radius 1 is 1.26 bits per heavy atom. The standard InChI is InChI=1S/C19H26BrNO2/c1-2-18-6-7-19(22-8-9-23-19)12-14(18)5-3-4-13-10-17(21)16(20)11-15(13)18/h10-11,14H,2-9,12,21H2,1H3/t14-,18+/m1/s1. The number of ether oxygens (including phenoxy) is 2. The van der Waals surface area contributed by atoms with Gasteiger partial charge in [0.05, 0.1) is 13.2 Å². The summed E-state index contributed by atoms with van der Waals surface area (Å²) in [6.45, 7) is 3.86. The molecule has 4 rings (SSSR count). The molecule has 0 unspecified atom stereocenters. The van der Waals surface area contributed by atoms with Gasteiger partial charge in [0, 0.05) is 23.0 Å². The molecule has 1 heterocycles. The summed E-state index contributed by atoms with van der Waals surface area (Å²) in [5.41, 5.74) is 10.3. The molecule has 2 atom stereocenters. The van der Waals surface area contributed by atoms with Crippen molar-refractivity contribution in [2.75, 3.05) is 18.9 Å². The molecule has 0 radical (unpaired) electrons. The molecule has 1 aromatic carbocycles. The van der Waals surface area contributed by atoms with Crippen LogP contribution >= 0.6 is 15.9 Å². The van der Waals surface area contributed by atoms with Gasteiger partial charge in [-0.2, -0.15) is 0 Å². The van der Waals surface area contributed by atoms with Crippen LogP contribution in [0.15, 0.2) is 16.6 Å². The number of benzene rings is 1. The predicted molar refractivity (Wildman–Crippen MR) is 95.4 cm³/mol. The second kappa shape index (κ2) is 5.75. The maximum atomic E-state index is 6.16. The van der Waals surface area contributed by atoms with E-state index in [2.05, 4.69) is 35.0 Å². The van der Waals surface area contributed by atoms with E-state index in [0.29, 0.717) is 5.92 Å². The number of halogens is 1. The molecule has 4 heteroatoms. The van der Waals surface area contributed by atoms with Crippen LogP contribution in [0.3, 0.4) is 0 Å². The third-order valence-corrected chi connectivity index (χ3v) is 7.18. The van der Waals surface area contributed by atoms with Gasteiger partial charge in [-0.05, 0) is 82.6 Å². The molecule has 1 aliphatic heterocycles. The fourth-order valence-corrected chi connectivity index (χ4v) is 5.63. The smallest absolute Gasteiger partial charge is 0.168 e. The largest absolute Gasteiger partial charge is 0.398 e. The van der Waals surface area contributed by atoms with E-state index >= 15 is 0 Å². The SMILES string of the molecule is CC[C@]12CCC3(C[C@H]1CCCc1cc(N)c(Br)cc12)OCCO3. The number of nitrogen functional groups attached to an aromatic ring is 1. The summed E-state index contributed by atoms with van der Waals surface area (Å²) in [5, 5.41) is 0. The van der Waals surface area contributed by atoms with Crippen LogP contribution in [0.2, 0.25) is 0 Å². The van der Waals surface area contributed by atoms with E-state index < -0.39 is 0 Å². The van der Waals surface area contributed by atoms with Gasteiger partial charge in [0.2, 0.25) is 0 Å². The first-order valence-corrected chi connectivity index (χ1v) is 9.74. The summed E-state index contributed by atoms with van der Waals surface area (Å²) in [6.07, 6.45) is 8.01. The fourth-order valence-electron chi connectivity index (χ4n) is 5.28. The maximum absolute atomic E-state index is 6.16. The Balaban J connectivity index is 1.78. The highest BCUT2D eigenvalue weighted by Crippen LogP contribution is 2.55. The zero-order valence-corrected chi connectivity index (χ0v) is 15.5. The Morgan fingerprint density at radius 2 is 2.04 bits per heavy atom. The average molecular weight is 380 g/mol. The minimum Gasteiger partial charge on any atom is -0.398 e. The highest BCUT2D eigenvalue weighted by molar-refractivity contribution is 9.10. The lowest BCUT2D eigenvalue weighted by molar-refractivity contribution is -0.199. The Morgan fingerprint density at radius 3 is 2.78 bits per heavy atom. The first kappa shape index (κ1) is 15.9. The molecule has 2 fully saturated rings. The van der Waals surface area contributed by atoms with Gasteiger partial charge in [-0.15, -0.1) is 0 Å². The topological polar surface area (TPSA) is 44.5 Å². The summed E-state index contributed by atoms with van der Waals surface area (Å²) >= 11 is 3.66. The molecule has 126 valence electrons. The number of nitrogens with two attached hydrogens (primary N) is 1. The first-order chi connectivity index (χ1) is 11.1. The van der Waals surface area contributed by atoms with Gasteiger partial charge >= 0.3 is 0 Å². The molecule has 2 aliphatic carbocycles. The Hall–Kier alpha value is -0.580. The molecule has 0 amide bonds. The van der Waals surface area contributed by atoms with Crippen LogP contribution in [0.25, 0.3) is 0 Å². The van der Waals surface area contributed by atoms with Crippen LogP contribution in [-0.2, 0) is 21.3 Å². The van der Waals surface area contributed by atoms with E-state index in [0.717, 1.165) is 49.1 Å². The molecule has 2 N–H and O–H groups in total. The van der Waals surface area contributed by atoms with Crippen LogP contribution in [-0.4, -0.2) is 19.0 Å². The summed E-state index contributed by atoms with van der Waals surface area (Å²) in [4.78, 5) is 0. The lowest BCUT2D eigenvalue weighted by Gasteiger charge is -2.49. The van der Waals surface area contributed by atoms with Crippen LogP contribution in [0, 0.1) is 5.92 Å². The van der Waals surface area contributed by atoms with Crippen molar-refractivity contribution in [3.8, 4) is 0 Å². The lowest BCUT2D eigenvalue weighted by atomic mass is 9.59. The Kier molecular flexibility index (Phi) is 3.98. The summed E-state index contributed by atoms with van der Waals surface area (Å²) < 4.78 is 13.1. The van der Waals surface area contributed by atoms with Crippen molar-refractivity contribution in [3.05, 3.63) is 27.7 Å². The predicted octanol–water partition coefficient (Wildman–Crippen LogP) is 4.56. The van der Waals surface area contributed by atoms with Gasteiger partial charge in [-0.1, -0.05) is 6.92 Å². The molecular formula is C19H26BrNO2. The van der Waals surface area contributed by atoms with E-state index in [9.17, 15) is 0 Å². The van der Waals surface area contributed by atoms with E-state index in [1.54, 1.807) is 0 Å². The minimum atomic E-state index is -0.293. The third kappa shape index (κ3) is 2.45. The minimum absolute atomic E-state index is 0.253. The maximum Gasteiger partial charge on any atom is 0.168 e. The summed E-state index contributed by atoms with van der Waals surface area (Å²) in [5.74, 6) is 0.343. The molecule has 3 aliphatic rings. The fraction of sp³-hybridized carbons (Fsp3) is 0.684. The number of fused-ring (bicyclic) bond motifs is 3. The van der Waals surface area contributed by atoms with E-state index in [4.69, 9.17) is 15.2 Å². The number of hydrogen-bond donors (Lipinski definition) is 1. The number of anilines is 1. The van der Waals surface area contributed by atoms with Crippen molar-refractivity contribution in [1.82, 2.24) is 0 Å². The number of rotatable bonds is 1. The number of aryl methyl sites for hydroxylation is 1. The summed E-state index contributed by atoms with van der Waals surface area (Å²) in [6, 6.07) is 4.51. The summed E-state index contributed by atoms with van der Waals surface area (Å²) in [7, 11) is 0. The molecule has 1 saturated heterocycles. The second-order valence-corrected chi connectivity index (χ2v) is 8.30. The molecule has 0 bridgehead atoms. The normalized spacial score (nSPS) is 32.3. The van der Waals surface area contributed by atoms with Gasteiger partial charge in [0.25, 0.3) is 0 Å². The molecule has 23 heavy (non-hydrogen) atoms. The van der Waals surface area contributed by atoms with Crippen LogP contribution in [0.1, 0.15) is 56.6 Å². The van der Waals surface area contributed by atoms with E-state index in [1.807, 2.05) is 0 Å². The molecule has 1 spiro atoms. The molecule has 1 saturated carbocycles. The van der Waals surface area contributed by atoms with Crippen molar-refractivity contribution >= 4 is 21.6 Å². The second-order valence-electron chi connectivity index (χ2n) is 7.44. The van der Waals surface area contributed by atoms with Crippen molar-refractivity contribution in [1.29, 1.82) is 0 Å². The van der Waals surface area contributed by atoms with Crippen LogP contribution in [0.5, 0.6) is 0 Å². The molecular weight excluding hydrogens is 354 g/mol. The van der Waals surface area contributed by atoms with Crippen LogP contribution in [0.4, 0.5) is 5.69 Å². The van der Waals surface area contributed by atoms with Crippen LogP contribution < -0.4 is 5.73 Å². The number of hydrogen-bond acceptors (Lipinski definition) is 3. The van der Waals surface area contributed by atoms with Crippen molar-refractivity contribution < 1.29 is 9.47 Å². The van der Waals surface area contributed by atoms with Gasteiger partial charge < -0.3 is 15.2 Å². The van der Waals surface area contributed by atoms with Crippen molar-refractivity contribution in [3.63, 3.8) is 0 Å².